The molecule has 0 spiro atoms. The van der Waals surface area contributed by atoms with E-state index in [1.54, 1.807) is 0 Å². The number of hydrogen-bond acceptors (Lipinski definition) is 0. The zero-order valence-corrected chi connectivity index (χ0v) is 9.38. The van der Waals surface area contributed by atoms with Crippen molar-refractivity contribution in [1.82, 2.24) is 0 Å². The minimum Gasteiger partial charge on any atom is -0.0885 e. The predicted octanol–water partition coefficient (Wildman–Crippen LogP) is 4.11. The molecule has 0 nitrogen and oxygen atoms in total. The van der Waals surface area contributed by atoms with E-state index in [-0.39, 0.29) is 0 Å². The Morgan fingerprint density at radius 3 is 2.45 bits per heavy atom. The van der Waals surface area contributed by atoms with Crippen molar-refractivity contribution >= 4 is 22.6 Å². The van der Waals surface area contributed by atoms with Gasteiger partial charge < -0.3 is 0 Å². The average molecular weight is 264 g/mol. The summed E-state index contributed by atoms with van der Waals surface area (Å²) in [6.45, 7) is 2.16. The van der Waals surface area contributed by atoms with Gasteiger partial charge in [-0.15, -0.1) is 0 Å². The van der Waals surface area contributed by atoms with Crippen LogP contribution in [0, 0.1) is 0 Å². The van der Waals surface area contributed by atoms with Crippen LogP contribution in [0.5, 0.6) is 0 Å². The Balaban J connectivity index is 3.09. The second kappa shape index (κ2) is 10.2. The molecule has 0 atom stereocenters. The highest BCUT2D eigenvalue weighted by Gasteiger charge is 1.77. The van der Waals surface area contributed by atoms with Crippen molar-refractivity contribution in [1.29, 1.82) is 0 Å². The third kappa shape index (κ3) is 10.2. The summed E-state index contributed by atoms with van der Waals surface area (Å²) in [7, 11) is 0. The van der Waals surface area contributed by atoms with E-state index < -0.39 is 0 Å². The maximum absolute atomic E-state index is 2.41. The summed E-state index contributed by atoms with van der Waals surface area (Å²) in [5.41, 5.74) is 0. The number of unbranched alkanes of at least 4 members (excludes halogenated alkanes) is 1. The normalized spacial score (nSPS) is 11.8. The summed E-state index contributed by atoms with van der Waals surface area (Å²) < 4.78 is 1.27. The summed E-state index contributed by atoms with van der Waals surface area (Å²) in [5.74, 6) is 0. The van der Waals surface area contributed by atoms with E-state index in [2.05, 4.69) is 53.8 Å². The third-order valence-corrected chi connectivity index (χ3v) is 2.11. The molecule has 0 aromatic carbocycles. The van der Waals surface area contributed by atoms with Crippen LogP contribution in [0.1, 0.15) is 32.6 Å². The molecule has 0 radical (unpaired) electrons. The minimum absolute atomic E-state index is 1.11. The highest BCUT2D eigenvalue weighted by atomic mass is 127. The molecule has 0 saturated carbocycles. The van der Waals surface area contributed by atoms with Gasteiger partial charge in [-0.05, 0) is 30.1 Å². The van der Waals surface area contributed by atoms with E-state index in [0.717, 1.165) is 12.8 Å². The van der Waals surface area contributed by atoms with Crippen molar-refractivity contribution < 1.29 is 0 Å². The van der Waals surface area contributed by atoms with E-state index in [1.165, 1.54) is 17.3 Å². The first kappa shape index (κ1) is 11.2. The zero-order valence-electron chi connectivity index (χ0n) is 7.22. The van der Waals surface area contributed by atoms with Gasteiger partial charge in [-0.3, -0.25) is 0 Å². The molecule has 0 bridgehead atoms. The zero-order chi connectivity index (χ0) is 8.36. The second-order valence-corrected chi connectivity index (χ2v) is 3.50. The third-order valence-electron chi connectivity index (χ3n) is 1.35. The Morgan fingerprint density at radius 1 is 1.09 bits per heavy atom. The SMILES string of the molecule is CC/C=C\C/C=C\CCCI. The summed E-state index contributed by atoms with van der Waals surface area (Å²) in [6, 6.07) is 0. The van der Waals surface area contributed by atoms with E-state index in [0.29, 0.717) is 0 Å². The lowest BCUT2D eigenvalue weighted by Crippen LogP contribution is -1.69. The van der Waals surface area contributed by atoms with Crippen LogP contribution in [-0.2, 0) is 0 Å². The molecule has 0 aliphatic rings. The molecule has 64 valence electrons. The molecular formula is C10H17I. The first-order valence-corrected chi connectivity index (χ1v) is 5.80. The lowest BCUT2D eigenvalue weighted by atomic mass is 10.2. The van der Waals surface area contributed by atoms with Crippen LogP contribution in [0.25, 0.3) is 0 Å². The molecule has 0 amide bonds. The van der Waals surface area contributed by atoms with Gasteiger partial charge in [0.2, 0.25) is 0 Å². The number of hydrogen-bond donors (Lipinski definition) is 0. The molecular weight excluding hydrogens is 247 g/mol. The monoisotopic (exact) mass is 264 g/mol. The van der Waals surface area contributed by atoms with Crippen LogP contribution in [0.4, 0.5) is 0 Å². The quantitative estimate of drug-likeness (QED) is 0.293. The molecule has 0 aliphatic heterocycles. The Kier molecular flexibility index (Phi) is 10.4. The number of allylic oxidation sites excluding steroid dienone is 4. The fourth-order valence-corrected chi connectivity index (χ4v) is 1.19. The molecule has 0 saturated heterocycles. The Bertz CT molecular complexity index is 114. The Labute approximate surface area is 83.9 Å². The summed E-state index contributed by atoms with van der Waals surface area (Å²) >= 11 is 2.41. The summed E-state index contributed by atoms with van der Waals surface area (Å²) in [6.07, 6.45) is 13.8. The minimum atomic E-state index is 1.11. The van der Waals surface area contributed by atoms with Gasteiger partial charge in [0.1, 0.15) is 0 Å². The Hall–Kier alpha value is 0.210. The van der Waals surface area contributed by atoms with Crippen LogP contribution in [0.2, 0.25) is 0 Å². The Morgan fingerprint density at radius 2 is 1.82 bits per heavy atom. The molecule has 0 heterocycles. The van der Waals surface area contributed by atoms with Gasteiger partial charge >= 0.3 is 0 Å². The van der Waals surface area contributed by atoms with Gasteiger partial charge in [-0.25, -0.2) is 0 Å². The van der Waals surface area contributed by atoms with Gasteiger partial charge in [0, 0.05) is 0 Å². The molecule has 1 heteroatoms. The molecule has 11 heavy (non-hydrogen) atoms. The second-order valence-electron chi connectivity index (χ2n) is 2.42. The van der Waals surface area contributed by atoms with E-state index in [1.807, 2.05) is 0 Å². The van der Waals surface area contributed by atoms with Gasteiger partial charge in [-0.2, -0.15) is 0 Å². The van der Waals surface area contributed by atoms with Crippen LogP contribution in [0.15, 0.2) is 24.3 Å². The molecule has 0 N–H and O–H groups in total. The maximum Gasteiger partial charge on any atom is -0.000178 e. The van der Waals surface area contributed by atoms with Crippen LogP contribution in [0.3, 0.4) is 0 Å². The molecule has 0 aromatic heterocycles. The van der Waals surface area contributed by atoms with Gasteiger partial charge in [-0.1, -0.05) is 53.8 Å². The summed E-state index contributed by atoms with van der Waals surface area (Å²) in [5, 5.41) is 0. The van der Waals surface area contributed by atoms with Crippen LogP contribution in [-0.4, -0.2) is 4.43 Å². The molecule has 0 unspecified atom stereocenters. The highest BCUT2D eigenvalue weighted by molar-refractivity contribution is 14.1. The van der Waals surface area contributed by atoms with Crippen molar-refractivity contribution in [2.24, 2.45) is 0 Å². The first-order chi connectivity index (χ1) is 5.41. The number of halogens is 1. The highest BCUT2D eigenvalue weighted by Crippen LogP contribution is 1.97. The van der Waals surface area contributed by atoms with Crippen molar-refractivity contribution in [3.8, 4) is 0 Å². The van der Waals surface area contributed by atoms with Crippen LogP contribution < -0.4 is 0 Å². The van der Waals surface area contributed by atoms with E-state index in [9.17, 15) is 0 Å². The topological polar surface area (TPSA) is 0 Å². The van der Waals surface area contributed by atoms with Crippen molar-refractivity contribution in [3.05, 3.63) is 24.3 Å². The van der Waals surface area contributed by atoms with E-state index >= 15 is 0 Å². The van der Waals surface area contributed by atoms with Crippen molar-refractivity contribution in [2.45, 2.75) is 32.6 Å². The number of rotatable bonds is 6. The largest absolute Gasteiger partial charge is 0.0885 e. The molecule has 0 rings (SSSR count). The fourth-order valence-electron chi connectivity index (χ4n) is 0.751. The summed E-state index contributed by atoms with van der Waals surface area (Å²) in [4.78, 5) is 0. The van der Waals surface area contributed by atoms with E-state index in [4.69, 9.17) is 0 Å². The van der Waals surface area contributed by atoms with Crippen molar-refractivity contribution in [2.75, 3.05) is 4.43 Å². The van der Waals surface area contributed by atoms with Gasteiger partial charge in [0.25, 0.3) is 0 Å². The lowest BCUT2D eigenvalue weighted by Gasteiger charge is -1.86. The van der Waals surface area contributed by atoms with Crippen molar-refractivity contribution in [3.63, 3.8) is 0 Å². The maximum atomic E-state index is 2.41. The lowest BCUT2D eigenvalue weighted by molar-refractivity contribution is 0.981. The predicted molar refractivity (Wildman–Crippen MR) is 61.3 cm³/mol. The molecule has 0 aromatic rings. The van der Waals surface area contributed by atoms with Gasteiger partial charge in [0.05, 0.1) is 0 Å². The first-order valence-electron chi connectivity index (χ1n) is 4.27. The molecule has 0 aliphatic carbocycles. The smallest absolute Gasteiger partial charge is 0.000178 e. The van der Waals surface area contributed by atoms with Gasteiger partial charge in [0.15, 0.2) is 0 Å². The van der Waals surface area contributed by atoms with Crippen LogP contribution >= 0.6 is 22.6 Å². The average Bonchev–Trinajstić information content (AvgIpc) is 2.03. The standard InChI is InChI=1S/C10H17I/c1-2-3-4-5-6-7-8-9-10-11/h3-4,6-7H,2,5,8-10H2,1H3/b4-3-,7-6-. The number of alkyl halides is 1. The fraction of sp³-hybridized carbons (Fsp3) is 0.600. The molecule has 0 fully saturated rings.